The van der Waals surface area contributed by atoms with Crippen LogP contribution in [0.25, 0.3) is 11.4 Å². The van der Waals surface area contributed by atoms with E-state index < -0.39 is 11.5 Å². The van der Waals surface area contributed by atoms with Crippen LogP contribution in [0.15, 0.2) is 46.3 Å². The predicted molar refractivity (Wildman–Crippen MR) is 76.8 cm³/mol. The van der Waals surface area contributed by atoms with E-state index in [0.717, 1.165) is 0 Å². The number of aromatic amines is 1. The van der Waals surface area contributed by atoms with Gasteiger partial charge in [0.1, 0.15) is 5.56 Å². The summed E-state index contributed by atoms with van der Waals surface area (Å²) in [4.78, 5) is 35.7. The van der Waals surface area contributed by atoms with Crippen LogP contribution in [-0.4, -0.2) is 41.2 Å². The Morgan fingerprint density at radius 2 is 2.10 bits per heavy atom. The fourth-order valence-electron chi connectivity index (χ4n) is 1.55. The molecule has 0 spiro atoms. The number of carbonyl (C=O) groups excluding carboxylic acids is 1. The molecule has 0 fully saturated rings. The van der Waals surface area contributed by atoms with Gasteiger partial charge in [0, 0.05) is 20.3 Å². The fourth-order valence-corrected chi connectivity index (χ4v) is 1.55. The van der Waals surface area contributed by atoms with Crippen molar-refractivity contribution in [2.75, 3.05) is 14.1 Å². The number of aliphatic imine (C=N–C) groups is 1. The minimum Gasteiger partial charge on any atom is -0.369 e. The maximum Gasteiger partial charge on any atom is 0.283 e. The number of aromatic nitrogens is 2. The Hall–Kier alpha value is -2.76. The largest absolute Gasteiger partial charge is 0.369 e. The van der Waals surface area contributed by atoms with Crippen LogP contribution in [0.1, 0.15) is 10.4 Å². The van der Waals surface area contributed by atoms with Gasteiger partial charge in [0.25, 0.3) is 11.5 Å². The van der Waals surface area contributed by atoms with E-state index in [9.17, 15) is 9.59 Å². The van der Waals surface area contributed by atoms with Gasteiger partial charge in [-0.25, -0.2) is 0 Å². The van der Waals surface area contributed by atoms with Gasteiger partial charge in [-0.1, -0.05) is 6.07 Å². The second kappa shape index (κ2) is 5.92. The summed E-state index contributed by atoms with van der Waals surface area (Å²) in [5.41, 5.74) is 0.723. The smallest absolute Gasteiger partial charge is 0.283 e. The lowest BCUT2D eigenvalue weighted by atomic mass is 10.2. The molecule has 2 aromatic heterocycles. The molecule has 2 aromatic rings. The van der Waals surface area contributed by atoms with Crippen molar-refractivity contribution >= 4 is 12.2 Å². The highest BCUT2D eigenvalue weighted by atomic mass is 16.2. The number of pyridine rings is 2. The Morgan fingerprint density at radius 1 is 1.30 bits per heavy atom. The van der Waals surface area contributed by atoms with Crippen LogP contribution >= 0.6 is 0 Å². The maximum absolute atomic E-state index is 11.9. The molecule has 6 heteroatoms. The molecule has 0 atom stereocenters. The van der Waals surface area contributed by atoms with E-state index in [0.29, 0.717) is 11.4 Å². The van der Waals surface area contributed by atoms with Gasteiger partial charge in [0.05, 0.1) is 17.7 Å². The number of amides is 1. The summed E-state index contributed by atoms with van der Waals surface area (Å²) in [6.45, 7) is 0. The molecule has 102 valence electrons. The lowest BCUT2D eigenvalue weighted by Crippen LogP contribution is -2.18. The first-order chi connectivity index (χ1) is 9.58. The molecule has 6 nitrogen and oxygen atoms in total. The Bertz CT molecular complexity index is 690. The Morgan fingerprint density at radius 3 is 2.70 bits per heavy atom. The molecule has 0 bridgehead atoms. The summed E-state index contributed by atoms with van der Waals surface area (Å²) in [6.07, 6.45) is 2.99. The van der Waals surface area contributed by atoms with Gasteiger partial charge in [-0.15, -0.1) is 0 Å². The third-order valence-corrected chi connectivity index (χ3v) is 2.49. The molecule has 0 aliphatic rings. The molecule has 0 saturated carbocycles. The van der Waals surface area contributed by atoms with Gasteiger partial charge >= 0.3 is 0 Å². The lowest BCUT2D eigenvalue weighted by molar-refractivity contribution is 0.100. The highest BCUT2D eigenvalue weighted by Gasteiger charge is 2.10. The van der Waals surface area contributed by atoms with Crippen molar-refractivity contribution in [2.45, 2.75) is 0 Å². The summed E-state index contributed by atoms with van der Waals surface area (Å²) >= 11 is 0. The Kier molecular flexibility index (Phi) is 4.05. The van der Waals surface area contributed by atoms with Crippen LogP contribution in [0.3, 0.4) is 0 Å². The first kappa shape index (κ1) is 13.7. The zero-order valence-electron chi connectivity index (χ0n) is 11.2. The molecule has 0 radical (unpaired) electrons. The van der Waals surface area contributed by atoms with E-state index in [1.807, 2.05) is 6.07 Å². The van der Waals surface area contributed by atoms with Crippen LogP contribution in [0.2, 0.25) is 0 Å². The second-order valence-corrected chi connectivity index (χ2v) is 4.34. The molecule has 2 rings (SSSR count). The highest BCUT2D eigenvalue weighted by Crippen LogP contribution is 2.11. The van der Waals surface area contributed by atoms with E-state index >= 15 is 0 Å². The zero-order chi connectivity index (χ0) is 14.5. The number of rotatable bonds is 3. The topological polar surface area (TPSA) is 78.4 Å². The van der Waals surface area contributed by atoms with Crippen molar-refractivity contribution in [3.8, 4) is 11.4 Å². The van der Waals surface area contributed by atoms with Gasteiger partial charge < -0.3 is 9.88 Å². The SMILES string of the molecule is CN(C)C=NC(=O)c1ccc(-c2ccccn2)[nH]c1=O. The first-order valence-corrected chi connectivity index (χ1v) is 5.97. The molecule has 1 N–H and O–H groups in total. The van der Waals surface area contributed by atoms with Crippen molar-refractivity contribution in [1.29, 1.82) is 0 Å². The summed E-state index contributed by atoms with van der Waals surface area (Å²) in [6, 6.07) is 8.48. The molecular formula is C14H14N4O2. The van der Waals surface area contributed by atoms with Crippen molar-refractivity contribution < 1.29 is 4.79 Å². The van der Waals surface area contributed by atoms with E-state index in [1.54, 1.807) is 43.4 Å². The summed E-state index contributed by atoms with van der Waals surface area (Å²) in [5, 5.41) is 0. The van der Waals surface area contributed by atoms with Crippen molar-refractivity contribution in [3.63, 3.8) is 0 Å². The maximum atomic E-state index is 11.9. The molecule has 1 amide bonds. The van der Waals surface area contributed by atoms with Crippen molar-refractivity contribution in [3.05, 3.63) is 52.4 Å². The molecule has 0 saturated heterocycles. The molecular weight excluding hydrogens is 256 g/mol. The minimum atomic E-state index is -0.576. The van der Waals surface area contributed by atoms with Gasteiger partial charge in [-0.3, -0.25) is 14.6 Å². The molecule has 0 unspecified atom stereocenters. The molecule has 0 aliphatic heterocycles. The van der Waals surface area contributed by atoms with Gasteiger partial charge in [0.15, 0.2) is 0 Å². The number of nitrogens with one attached hydrogen (secondary N) is 1. The van der Waals surface area contributed by atoms with Crippen LogP contribution in [-0.2, 0) is 0 Å². The average Bonchev–Trinajstić information content (AvgIpc) is 2.45. The quantitative estimate of drug-likeness (QED) is 0.670. The molecule has 2 heterocycles. The van der Waals surface area contributed by atoms with Gasteiger partial charge in [-0.05, 0) is 24.3 Å². The second-order valence-electron chi connectivity index (χ2n) is 4.34. The summed E-state index contributed by atoms with van der Waals surface area (Å²) < 4.78 is 0. The standard InChI is InChI=1S/C14H14N4O2/c1-18(2)9-16-13(19)10-6-7-12(17-14(10)20)11-5-3-4-8-15-11/h3-9H,1-2H3,(H,17,20). The van der Waals surface area contributed by atoms with Crippen LogP contribution in [0.5, 0.6) is 0 Å². The predicted octanol–water partition coefficient (Wildman–Crippen LogP) is 1.17. The molecule has 0 aliphatic carbocycles. The number of hydrogen-bond acceptors (Lipinski definition) is 3. The van der Waals surface area contributed by atoms with Crippen molar-refractivity contribution in [1.82, 2.24) is 14.9 Å². The normalized spacial score (nSPS) is 10.7. The molecule has 20 heavy (non-hydrogen) atoms. The first-order valence-electron chi connectivity index (χ1n) is 5.97. The Balaban J connectivity index is 2.32. The highest BCUT2D eigenvalue weighted by molar-refractivity contribution is 5.98. The van der Waals surface area contributed by atoms with Crippen LogP contribution in [0, 0.1) is 0 Å². The van der Waals surface area contributed by atoms with Gasteiger partial charge in [-0.2, -0.15) is 4.99 Å². The van der Waals surface area contributed by atoms with E-state index in [1.165, 1.54) is 12.4 Å². The fraction of sp³-hybridized carbons (Fsp3) is 0.143. The monoisotopic (exact) mass is 270 g/mol. The molecule has 0 aromatic carbocycles. The van der Waals surface area contributed by atoms with Crippen LogP contribution in [0.4, 0.5) is 0 Å². The van der Waals surface area contributed by atoms with E-state index in [-0.39, 0.29) is 5.56 Å². The third kappa shape index (κ3) is 3.17. The van der Waals surface area contributed by atoms with E-state index in [2.05, 4.69) is 15.0 Å². The zero-order valence-corrected chi connectivity index (χ0v) is 11.2. The lowest BCUT2D eigenvalue weighted by Gasteiger charge is -2.03. The Labute approximate surface area is 115 Å². The van der Waals surface area contributed by atoms with E-state index in [4.69, 9.17) is 0 Å². The van der Waals surface area contributed by atoms with Crippen molar-refractivity contribution in [2.24, 2.45) is 4.99 Å². The number of H-pyrrole nitrogens is 1. The van der Waals surface area contributed by atoms with Gasteiger partial charge in [0.2, 0.25) is 0 Å². The van der Waals surface area contributed by atoms with Crippen LogP contribution < -0.4 is 5.56 Å². The summed E-state index contributed by atoms with van der Waals surface area (Å²) in [5.74, 6) is -0.576. The summed E-state index contributed by atoms with van der Waals surface area (Å²) in [7, 11) is 3.48. The number of carbonyl (C=O) groups is 1. The third-order valence-electron chi connectivity index (χ3n) is 2.49. The average molecular weight is 270 g/mol. The number of hydrogen-bond donors (Lipinski definition) is 1. The number of nitrogens with zero attached hydrogens (tertiary/aromatic N) is 3. The minimum absolute atomic E-state index is 0.00258.